The predicted molar refractivity (Wildman–Crippen MR) is 91.8 cm³/mol. The van der Waals surface area contributed by atoms with E-state index < -0.39 is 10.2 Å². The van der Waals surface area contributed by atoms with E-state index in [1.165, 1.54) is 19.9 Å². The van der Waals surface area contributed by atoms with Crippen molar-refractivity contribution in [1.82, 2.24) is 14.3 Å². The maximum atomic E-state index is 11.7. The largest absolute Gasteiger partial charge is 0.497 e. The van der Waals surface area contributed by atoms with Gasteiger partial charge in [0.05, 0.1) is 7.11 Å². The minimum absolute atomic E-state index is 0.0298. The van der Waals surface area contributed by atoms with Crippen molar-refractivity contribution in [2.24, 2.45) is 0 Å². The van der Waals surface area contributed by atoms with Gasteiger partial charge in [-0.05, 0) is 43.6 Å². The van der Waals surface area contributed by atoms with Gasteiger partial charge in [-0.1, -0.05) is 25.0 Å². The summed E-state index contributed by atoms with van der Waals surface area (Å²) in [5.74, 6) is 0.805. The molecule has 0 spiro atoms. The molecule has 23 heavy (non-hydrogen) atoms. The fraction of sp³-hybridized carbons (Fsp3) is 0.625. The van der Waals surface area contributed by atoms with Gasteiger partial charge in [0, 0.05) is 19.6 Å². The molecule has 7 heteroatoms. The van der Waals surface area contributed by atoms with E-state index in [1.54, 1.807) is 7.11 Å². The molecule has 1 heterocycles. The third kappa shape index (κ3) is 5.46. The second-order valence-electron chi connectivity index (χ2n) is 5.80. The van der Waals surface area contributed by atoms with Crippen molar-refractivity contribution in [1.29, 1.82) is 0 Å². The predicted octanol–water partition coefficient (Wildman–Crippen LogP) is 1.67. The lowest BCUT2D eigenvalue weighted by atomic mass is 10.0. The molecule has 2 rings (SSSR count). The van der Waals surface area contributed by atoms with E-state index in [2.05, 4.69) is 14.3 Å². The summed E-state index contributed by atoms with van der Waals surface area (Å²) in [4.78, 5) is 2.38. The van der Waals surface area contributed by atoms with Crippen LogP contribution in [0.5, 0.6) is 5.75 Å². The molecule has 0 aliphatic carbocycles. The molecule has 0 amide bonds. The number of benzene rings is 1. The first-order valence-electron chi connectivity index (χ1n) is 8.12. The molecule has 1 saturated heterocycles. The van der Waals surface area contributed by atoms with Gasteiger partial charge in [0.2, 0.25) is 0 Å². The first-order valence-corrected chi connectivity index (χ1v) is 9.60. The molecular weight excluding hydrogens is 314 g/mol. The van der Waals surface area contributed by atoms with Gasteiger partial charge in [-0.3, -0.25) is 4.90 Å². The van der Waals surface area contributed by atoms with E-state index in [9.17, 15) is 8.42 Å². The van der Waals surface area contributed by atoms with Crippen LogP contribution in [0.3, 0.4) is 0 Å². The minimum atomic E-state index is -3.43. The first-order chi connectivity index (χ1) is 11.1. The van der Waals surface area contributed by atoms with Gasteiger partial charge in [0.15, 0.2) is 0 Å². The molecule has 1 unspecified atom stereocenters. The van der Waals surface area contributed by atoms with Crippen molar-refractivity contribution in [2.75, 3.05) is 33.8 Å². The van der Waals surface area contributed by atoms with Crippen LogP contribution < -0.4 is 14.2 Å². The molecule has 1 aliphatic rings. The molecule has 1 aliphatic heterocycles. The molecule has 0 aromatic heterocycles. The van der Waals surface area contributed by atoms with Gasteiger partial charge in [-0.25, -0.2) is 9.44 Å². The average Bonchev–Trinajstić information content (AvgIpc) is 2.85. The van der Waals surface area contributed by atoms with Gasteiger partial charge >= 0.3 is 0 Å². The number of hydrogen-bond acceptors (Lipinski definition) is 4. The molecular formula is C16H27N3O3S. The second kappa shape index (κ2) is 8.63. The summed E-state index contributed by atoms with van der Waals surface area (Å²) < 4.78 is 33.6. The summed E-state index contributed by atoms with van der Waals surface area (Å²) in [6, 6.07) is 7.91. The summed E-state index contributed by atoms with van der Waals surface area (Å²) in [5.41, 5.74) is 1.10. The van der Waals surface area contributed by atoms with Crippen LogP contribution >= 0.6 is 0 Å². The Balaban J connectivity index is 2.18. The summed E-state index contributed by atoms with van der Waals surface area (Å²) in [7, 11) is -0.380. The molecule has 0 saturated carbocycles. The van der Waals surface area contributed by atoms with E-state index in [0.29, 0.717) is 6.54 Å². The highest BCUT2D eigenvalue weighted by Crippen LogP contribution is 2.25. The highest BCUT2D eigenvalue weighted by molar-refractivity contribution is 7.87. The van der Waals surface area contributed by atoms with Crippen molar-refractivity contribution in [3.8, 4) is 5.75 Å². The molecule has 0 radical (unpaired) electrons. The van der Waals surface area contributed by atoms with Crippen LogP contribution in [-0.2, 0) is 10.2 Å². The van der Waals surface area contributed by atoms with Gasteiger partial charge in [-0.15, -0.1) is 0 Å². The third-order valence-corrected chi connectivity index (χ3v) is 5.40. The molecule has 6 nitrogen and oxygen atoms in total. The van der Waals surface area contributed by atoms with Crippen LogP contribution in [0.1, 0.15) is 37.3 Å². The lowest BCUT2D eigenvalue weighted by Crippen LogP contribution is -2.42. The Kier molecular flexibility index (Phi) is 6.83. The number of methoxy groups -OCH3 is 1. The van der Waals surface area contributed by atoms with Crippen LogP contribution in [-0.4, -0.2) is 47.1 Å². The quantitative estimate of drug-likeness (QED) is 0.791. The Morgan fingerprint density at radius 1 is 1.13 bits per heavy atom. The maximum Gasteiger partial charge on any atom is 0.276 e. The molecule has 130 valence electrons. The number of rotatable bonds is 7. The fourth-order valence-electron chi connectivity index (χ4n) is 2.95. The average molecular weight is 341 g/mol. The van der Waals surface area contributed by atoms with Crippen LogP contribution in [0.25, 0.3) is 0 Å². The zero-order valence-electron chi connectivity index (χ0n) is 13.9. The molecule has 1 atom stereocenters. The van der Waals surface area contributed by atoms with Crippen LogP contribution in [0, 0.1) is 0 Å². The van der Waals surface area contributed by atoms with Gasteiger partial charge < -0.3 is 4.74 Å². The van der Waals surface area contributed by atoms with Crippen molar-refractivity contribution >= 4 is 10.2 Å². The summed E-state index contributed by atoms with van der Waals surface area (Å²) in [5, 5.41) is 0. The monoisotopic (exact) mass is 341 g/mol. The van der Waals surface area contributed by atoms with E-state index >= 15 is 0 Å². The zero-order valence-corrected chi connectivity index (χ0v) is 14.7. The highest BCUT2D eigenvalue weighted by atomic mass is 32.2. The standard InChI is InChI=1S/C16H27N3O3S/c1-17-23(20,21)18-13-16(19-11-5-3-4-6-12-19)14-7-9-15(22-2)10-8-14/h7-10,16-18H,3-6,11-13H2,1-2H3. The molecule has 1 aromatic carbocycles. The Morgan fingerprint density at radius 2 is 1.74 bits per heavy atom. The van der Waals surface area contributed by atoms with Gasteiger partial charge in [0.1, 0.15) is 5.75 Å². The Bertz CT molecular complexity index is 567. The van der Waals surface area contributed by atoms with Crippen molar-refractivity contribution in [2.45, 2.75) is 31.7 Å². The van der Waals surface area contributed by atoms with Crippen molar-refractivity contribution in [3.05, 3.63) is 29.8 Å². The zero-order chi connectivity index (χ0) is 16.7. The molecule has 1 fully saturated rings. The number of likely N-dealkylation sites (tertiary alicyclic amines) is 1. The lowest BCUT2D eigenvalue weighted by molar-refractivity contribution is 0.206. The molecule has 1 aromatic rings. The SMILES string of the molecule is CNS(=O)(=O)NCC(c1ccc(OC)cc1)N1CCCCCC1. The summed E-state index contributed by atoms with van der Waals surface area (Å²) in [6.45, 7) is 2.35. The molecule has 2 N–H and O–H groups in total. The summed E-state index contributed by atoms with van der Waals surface area (Å²) >= 11 is 0. The summed E-state index contributed by atoms with van der Waals surface area (Å²) in [6.07, 6.45) is 4.80. The minimum Gasteiger partial charge on any atom is -0.497 e. The highest BCUT2D eigenvalue weighted by Gasteiger charge is 2.23. The van der Waals surface area contributed by atoms with Gasteiger partial charge in [0.25, 0.3) is 10.2 Å². The number of ether oxygens (including phenoxy) is 1. The lowest BCUT2D eigenvalue weighted by Gasteiger charge is -2.31. The number of nitrogens with one attached hydrogen (secondary N) is 2. The Morgan fingerprint density at radius 3 is 2.26 bits per heavy atom. The molecule has 0 bridgehead atoms. The number of hydrogen-bond donors (Lipinski definition) is 2. The van der Waals surface area contributed by atoms with Crippen LogP contribution in [0.2, 0.25) is 0 Å². The van der Waals surface area contributed by atoms with Crippen LogP contribution in [0.15, 0.2) is 24.3 Å². The smallest absolute Gasteiger partial charge is 0.276 e. The first kappa shape index (κ1) is 18.2. The third-order valence-electron chi connectivity index (χ3n) is 4.32. The topological polar surface area (TPSA) is 70.7 Å². The maximum absolute atomic E-state index is 11.7. The fourth-order valence-corrected chi connectivity index (χ4v) is 3.47. The van der Waals surface area contributed by atoms with E-state index in [0.717, 1.165) is 37.2 Å². The van der Waals surface area contributed by atoms with Crippen LogP contribution in [0.4, 0.5) is 0 Å². The van der Waals surface area contributed by atoms with E-state index in [-0.39, 0.29) is 6.04 Å². The van der Waals surface area contributed by atoms with Crippen molar-refractivity contribution < 1.29 is 13.2 Å². The van der Waals surface area contributed by atoms with E-state index in [1.807, 2.05) is 24.3 Å². The second-order valence-corrected chi connectivity index (χ2v) is 7.50. The van der Waals surface area contributed by atoms with Gasteiger partial charge in [-0.2, -0.15) is 8.42 Å². The Labute approximate surface area is 139 Å². The normalized spacial score (nSPS) is 18.3. The Hall–Kier alpha value is -1.15. The van der Waals surface area contributed by atoms with Crippen molar-refractivity contribution in [3.63, 3.8) is 0 Å². The van der Waals surface area contributed by atoms with E-state index in [4.69, 9.17) is 4.74 Å². The number of nitrogens with zero attached hydrogens (tertiary/aromatic N) is 1.